The van der Waals surface area contributed by atoms with Crippen LogP contribution in [-0.2, 0) is 9.53 Å². The van der Waals surface area contributed by atoms with E-state index < -0.39 is 58.9 Å². The van der Waals surface area contributed by atoms with Gasteiger partial charge in [-0.3, -0.25) is 14.6 Å². The average molecular weight is 487 g/mol. The molecule has 12 heteroatoms. The molecule has 1 aromatic carbocycles. The van der Waals surface area contributed by atoms with E-state index in [1.54, 1.807) is 0 Å². The molecule has 3 rings (SSSR count). The number of halogens is 5. The Bertz CT molecular complexity index is 1140. The van der Waals surface area contributed by atoms with Crippen LogP contribution in [0.15, 0.2) is 24.4 Å². The van der Waals surface area contributed by atoms with Crippen LogP contribution in [0.3, 0.4) is 0 Å². The molecule has 1 aliphatic heterocycles. The van der Waals surface area contributed by atoms with Gasteiger partial charge in [0.25, 0.3) is 11.8 Å². The number of methoxy groups -OCH3 is 1. The average Bonchev–Trinajstić information content (AvgIpc) is 3.03. The maximum Gasteiger partial charge on any atom is 0.417 e. The SMILES string of the molecule is COc1c([C@H]2[C@H](C(=O)Nc3ccnc(C(N)=O)c3C)O[C@](C)(C(F)(F)F)[C@H]2C)ccc(F)c1F. The van der Waals surface area contributed by atoms with Crippen molar-refractivity contribution >= 4 is 17.5 Å². The highest BCUT2D eigenvalue weighted by Gasteiger charge is 2.65. The van der Waals surface area contributed by atoms with Gasteiger partial charge in [-0.2, -0.15) is 17.6 Å². The molecule has 0 aliphatic carbocycles. The number of anilines is 1. The molecule has 184 valence electrons. The first-order valence-corrected chi connectivity index (χ1v) is 10.1. The summed E-state index contributed by atoms with van der Waals surface area (Å²) in [4.78, 5) is 28.5. The van der Waals surface area contributed by atoms with Crippen LogP contribution >= 0.6 is 0 Å². The Morgan fingerprint density at radius 3 is 2.44 bits per heavy atom. The zero-order valence-corrected chi connectivity index (χ0v) is 18.6. The monoisotopic (exact) mass is 487 g/mol. The molecule has 0 radical (unpaired) electrons. The predicted octanol–water partition coefficient (Wildman–Crippen LogP) is 3.85. The molecule has 2 heterocycles. The highest BCUT2D eigenvalue weighted by Crippen LogP contribution is 2.55. The number of amides is 2. The molecule has 1 aliphatic rings. The molecular weight excluding hydrogens is 465 g/mol. The van der Waals surface area contributed by atoms with Crippen LogP contribution < -0.4 is 15.8 Å². The lowest BCUT2D eigenvalue weighted by molar-refractivity contribution is -0.272. The van der Waals surface area contributed by atoms with E-state index in [0.29, 0.717) is 0 Å². The summed E-state index contributed by atoms with van der Waals surface area (Å²) >= 11 is 0. The number of nitrogens with two attached hydrogens (primary N) is 1. The first kappa shape index (κ1) is 25.3. The minimum Gasteiger partial charge on any atom is -0.493 e. The number of benzene rings is 1. The van der Waals surface area contributed by atoms with Crippen LogP contribution in [-0.4, -0.2) is 41.8 Å². The predicted molar refractivity (Wildman–Crippen MR) is 110 cm³/mol. The van der Waals surface area contributed by atoms with Gasteiger partial charge < -0.3 is 20.5 Å². The Morgan fingerprint density at radius 1 is 1.24 bits per heavy atom. The zero-order valence-electron chi connectivity index (χ0n) is 18.6. The summed E-state index contributed by atoms with van der Waals surface area (Å²) in [7, 11) is 1.03. The van der Waals surface area contributed by atoms with Crippen molar-refractivity contribution in [3.8, 4) is 5.75 Å². The van der Waals surface area contributed by atoms with Gasteiger partial charge in [-0.15, -0.1) is 0 Å². The molecule has 0 bridgehead atoms. The van der Waals surface area contributed by atoms with Gasteiger partial charge in [0.2, 0.25) is 5.82 Å². The lowest BCUT2D eigenvalue weighted by Gasteiger charge is -2.32. The van der Waals surface area contributed by atoms with Crippen molar-refractivity contribution < 1.29 is 41.0 Å². The molecule has 2 aromatic rings. The highest BCUT2D eigenvalue weighted by atomic mass is 19.4. The number of rotatable bonds is 5. The Labute approximate surface area is 191 Å². The van der Waals surface area contributed by atoms with Crippen LogP contribution in [0, 0.1) is 24.5 Å². The molecule has 7 nitrogen and oxygen atoms in total. The molecule has 1 aromatic heterocycles. The molecule has 0 spiro atoms. The van der Waals surface area contributed by atoms with E-state index in [2.05, 4.69) is 10.3 Å². The highest BCUT2D eigenvalue weighted by molar-refractivity contribution is 5.99. The number of aromatic nitrogens is 1. The summed E-state index contributed by atoms with van der Waals surface area (Å²) in [5.41, 5.74) is 2.42. The van der Waals surface area contributed by atoms with Crippen molar-refractivity contribution in [3.05, 3.63) is 52.9 Å². The fourth-order valence-corrected chi connectivity index (χ4v) is 4.16. The maximum absolute atomic E-state index is 14.4. The molecule has 4 atom stereocenters. The van der Waals surface area contributed by atoms with Gasteiger partial charge in [0, 0.05) is 34.8 Å². The van der Waals surface area contributed by atoms with E-state index in [0.717, 1.165) is 26.2 Å². The number of ether oxygens (including phenoxy) is 2. The van der Waals surface area contributed by atoms with Gasteiger partial charge in [0.15, 0.2) is 17.2 Å². The topological polar surface area (TPSA) is 104 Å². The molecular formula is C22H22F5N3O4. The molecule has 3 N–H and O–H groups in total. The lowest BCUT2D eigenvalue weighted by Crippen LogP contribution is -2.47. The number of carbonyl (C=O) groups is 2. The van der Waals surface area contributed by atoms with Gasteiger partial charge in [-0.25, -0.2) is 4.39 Å². The van der Waals surface area contributed by atoms with Gasteiger partial charge in [0.1, 0.15) is 11.8 Å². The quantitative estimate of drug-likeness (QED) is 0.624. The van der Waals surface area contributed by atoms with Crippen LogP contribution in [0.25, 0.3) is 0 Å². The number of alkyl halides is 3. The van der Waals surface area contributed by atoms with E-state index >= 15 is 0 Å². The Balaban J connectivity index is 2.11. The number of hydrogen-bond acceptors (Lipinski definition) is 5. The van der Waals surface area contributed by atoms with Gasteiger partial charge in [0.05, 0.1) is 7.11 Å². The number of nitrogens with one attached hydrogen (secondary N) is 1. The molecule has 2 amide bonds. The third-order valence-corrected chi connectivity index (χ3v) is 6.27. The minimum absolute atomic E-state index is 0.0710. The minimum atomic E-state index is -4.89. The Hall–Kier alpha value is -3.28. The van der Waals surface area contributed by atoms with Crippen molar-refractivity contribution in [1.82, 2.24) is 4.98 Å². The second-order valence-corrected chi connectivity index (χ2v) is 8.13. The van der Waals surface area contributed by atoms with Crippen molar-refractivity contribution in [1.29, 1.82) is 0 Å². The van der Waals surface area contributed by atoms with Gasteiger partial charge >= 0.3 is 6.18 Å². The summed E-state index contributed by atoms with van der Waals surface area (Å²) in [5.74, 6) is -7.92. The molecule has 0 unspecified atom stereocenters. The number of nitrogens with zero attached hydrogens (tertiary/aromatic N) is 1. The summed E-state index contributed by atoms with van der Waals surface area (Å²) in [6.45, 7) is 3.43. The van der Waals surface area contributed by atoms with Crippen molar-refractivity contribution in [2.45, 2.75) is 44.6 Å². The van der Waals surface area contributed by atoms with E-state index in [-0.39, 0.29) is 22.5 Å². The number of primary amides is 1. The second kappa shape index (κ2) is 8.82. The summed E-state index contributed by atoms with van der Waals surface area (Å²) in [5, 5.41) is 2.43. The Morgan fingerprint density at radius 2 is 1.88 bits per heavy atom. The maximum atomic E-state index is 14.4. The molecule has 34 heavy (non-hydrogen) atoms. The third-order valence-electron chi connectivity index (χ3n) is 6.27. The van der Waals surface area contributed by atoms with Gasteiger partial charge in [-0.05, 0) is 26.0 Å². The van der Waals surface area contributed by atoms with Crippen molar-refractivity contribution in [3.63, 3.8) is 0 Å². The summed E-state index contributed by atoms with van der Waals surface area (Å²) < 4.78 is 80.4. The fraction of sp³-hybridized carbons (Fsp3) is 0.409. The van der Waals surface area contributed by atoms with E-state index in [4.69, 9.17) is 15.2 Å². The number of pyridine rings is 1. The first-order chi connectivity index (χ1) is 15.7. The van der Waals surface area contributed by atoms with E-state index in [9.17, 15) is 31.5 Å². The molecule has 1 saturated heterocycles. The number of hydrogen-bond donors (Lipinski definition) is 2. The van der Waals surface area contributed by atoms with E-state index in [1.807, 2.05) is 0 Å². The standard InChI is InChI=1S/C22H22F5N3O4/c1-9-13(7-8-29-16(9)19(28)31)30-20(32)18-14(10(2)21(3,34-18)22(25,26)27)11-5-6-12(23)15(24)17(11)33-4/h5-8,10,14,18H,1-4H3,(H2,28,31)(H,29,30,32)/t10-,14-,18+,21-/m0/s1. The molecule has 1 fully saturated rings. The summed E-state index contributed by atoms with van der Waals surface area (Å²) in [6.07, 6.45) is -5.47. The first-order valence-electron chi connectivity index (χ1n) is 10.1. The second-order valence-electron chi connectivity index (χ2n) is 8.13. The van der Waals surface area contributed by atoms with Crippen LogP contribution in [0.2, 0.25) is 0 Å². The summed E-state index contributed by atoms with van der Waals surface area (Å²) in [6, 6.07) is 3.13. The van der Waals surface area contributed by atoms with Crippen molar-refractivity contribution in [2.75, 3.05) is 12.4 Å². The normalized spacial score (nSPS) is 24.7. The Kier molecular flexibility index (Phi) is 6.57. The van der Waals surface area contributed by atoms with Crippen LogP contribution in [0.1, 0.15) is 41.4 Å². The van der Waals surface area contributed by atoms with Crippen LogP contribution in [0.4, 0.5) is 27.6 Å². The largest absolute Gasteiger partial charge is 0.493 e. The molecule has 0 saturated carbocycles. The van der Waals surface area contributed by atoms with Crippen LogP contribution in [0.5, 0.6) is 5.75 Å². The lowest BCUT2D eigenvalue weighted by atomic mass is 9.77. The zero-order chi connectivity index (χ0) is 25.6. The fourth-order valence-electron chi connectivity index (χ4n) is 4.16. The van der Waals surface area contributed by atoms with Gasteiger partial charge in [-0.1, -0.05) is 13.0 Å². The van der Waals surface area contributed by atoms with Crippen molar-refractivity contribution in [2.24, 2.45) is 11.7 Å². The number of carbonyl (C=O) groups excluding carboxylic acids is 2. The van der Waals surface area contributed by atoms with E-state index in [1.165, 1.54) is 26.1 Å². The third kappa shape index (κ3) is 4.06. The smallest absolute Gasteiger partial charge is 0.417 e.